The molecule has 7 nitrogen and oxygen atoms in total. The van der Waals surface area contributed by atoms with E-state index in [1.54, 1.807) is 17.2 Å². The number of carbonyl (C=O) groups is 2. The highest BCUT2D eigenvalue weighted by Gasteiger charge is 2.55. The first-order valence-corrected chi connectivity index (χ1v) is 9.42. The molecule has 3 heterocycles. The molecule has 0 bridgehead atoms. The van der Waals surface area contributed by atoms with E-state index in [1.807, 2.05) is 6.07 Å². The van der Waals surface area contributed by atoms with Crippen LogP contribution in [0.1, 0.15) is 29.6 Å². The standard InChI is InChI=1S/C19H26N4O3/c1-21-7-9-22(10-8-21)16-11-14(4-6-20-16)17(24)23-12-15-3-2-5-19(15,13-23)18(25)26/h4,6,11,15H,2-3,5,7-10,12-13H2,1H3,(H,25,26)/t15-,19+/m0/s1. The number of carboxylic acids is 1. The minimum absolute atomic E-state index is 0.0715. The van der Waals surface area contributed by atoms with Crippen LogP contribution < -0.4 is 4.90 Å². The molecule has 0 spiro atoms. The lowest BCUT2D eigenvalue weighted by Crippen LogP contribution is -2.44. The maximum Gasteiger partial charge on any atom is 0.311 e. The summed E-state index contributed by atoms with van der Waals surface area (Å²) in [6, 6.07) is 3.60. The van der Waals surface area contributed by atoms with Gasteiger partial charge in [0, 0.05) is 51.0 Å². The van der Waals surface area contributed by atoms with Crippen LogP contribution in [0.4, 0.5) is 5.82 Å². The van der Waals surface area contributed by atoms with E-state index in [-0.39, 0.29) is 11.8 Å². The zero-order valence-electron chi connectivity index (χ0n) is 15.2. The number of piperazine rings is 1. The Kier molecular flexibility index (Phi) is 4.34. The van der Waals surface area contributed by atoms with Crippen LogP contribution in [0.15, 0.2) is 18.3 Å². The lowest BCUT2D eigenvalue weighted by Gasteiger charge is -2.33. The van der Waals surface area contributed by atoms with E-state index < -0.39 is 11.4 Å². The van der Waals surface area contributed by atoms with Crippen molar-refractivity contribution < 1.29 is 14.7 Å². The van der Waals surface area contributed by atoms with Gasteiger partial charge in [0.15, 0.2) is 0 Å². The molecule has 0 aromatic carbocycles. The highest BCUT2D eigenvalue weighted by Crippen LogP contribution is 2.49. The number of likely N-dealkylation sites (N-methyl/N-ethyl adjacent to an activating group) is 1. The summed E-state index contributed by atoms with van der Waals surface area (Å²) >= 11 is 0. The summed E-state index contributed by atoms with van der Waals surface area (Å²) in [7, 11) is 2.10. The third-order valence-electron chi connectivity index (χ3n) is 6.40. The molecular weight excluding hydrogens is 332 g/mol. The molecule has 1 aromatic rings. The number of hydrogen-bond acceptors (Lipinski definition) is 5. The summed E-state index contributed by atoms with van der Waals surface area (Å²) in [5.41, 5.74) is -0.127. The third kappa shape index (κ3) is 2.84. The van der Waals surface area contributed by atoms with Gasteiger partial charge in [-0.05, 0) is 37.9 Å². The highest BCUT2D eigenvalue weighted by atomic mass is 16.4. The van der Waals surface area contributed by atoms with Crippen LogP contribution in [0.25, 0.3) is 0 Å². The number of carboxylic acid groups (broad SMARTS) is 1. The molecular formula is C19H26N4O3. The minimum Gasteiger partial charge on any atom is -0.481 e. The van der Waals surface area contributed by atoms with Crippen LogP contribution in [-0.4, -0.2) is 78.1 Å². The molecule has 1 N–H and O–H groups in total. The van der Waals surface area contributed by atoms with Crippen LogP contribution in [-0.2, 0) is 4.79 Å². The van der Waals surface area contributed by atoms with Gasteiger partial charge in [-0.25, -0.2) is 4.98 Å². The van der Waals surface area contributed by atoms with E-state index in [4.69, 9.17) is 0 Å². The first kappa shape index (κ1) is 17.3. The second kappa shape index (κ2) is 6.54. The topological polar surface area (TPSA) is 77.0 Å². The second-order valence-corrected chi connectivity index (χ2v) is 7.93. The van der Waals surface area contributed by atoms with E-state index >= 15 is 0 Å². The molecule has 0 unspecified atom stereocenters. The summed E-state index contributed by atoms with van der Waals surface area (Å²) in [4.78, 5) is 35.5. The van der Waals surface area contributed by atoms with Gasteiger partial charge in [-0.3, -0.25) is 9.59 Å². The van der Waals surface area contributed by atoms with Crippen molar-refractivity contribution in [1.29, 1.82) is 0 Å². The fourth-order valence-corrected chi connectivity index (χ4v) is 4.74. The van der Waals surface area contributed by atoms with Gasteiger partial charge in [-0.1, -0.05) is 6.42 Å². The van der Waals surface area contributed by atoms with E-state index in [9.17, 15) is 14.7 Å². The van der Waals surface area contributed by atoms with E-state index in [1.165, 1.54) is 0 Å². The normalized spacial score (nSPS) is 29.0. The predicted octanol–water partition coefficient (Wildman–Crippen LogP) is 1.16. The highest BCUT2D eigenvalue weighted by molar-refractivity contribution is 5.95. The first-order chi connectivity index (χ1) is 12.5. The second-order valence-electron chi connectivity index (χ2n) is 7.93. The Morgan fingerprint density at radius 1 is 1.27 bits per heavy atom. The number of aromatic nitrogens is 1. The molecule has 4 rings (SSSR count). The average Bonchev–Trinajstić information content (AvgIpc) is 3.20. The van der Waals surface area contributed by atoms with Gasteiger partial charge < -0.3 is 19.8 Å². The molecule has 2 atom stereocenters. The SMILES string of the molecule is CN1CCN(c2cc(C(=O)N3C[C@@H]4CCC[C@@]4(C(=O)O)C3)ccn2)CC1. The molecule has 0 radical (unpaired) electrons. The maximum atomic E-state index is 13.0. The van der Waals surface area contributed by atoms with Gasteiger partial charge in [0.05, 0.1) is 5.41 Å². The molecule has 2 aliphatic heterocycles. The molecule has 1 saturated carbocycles. The van der Waals surface area contributed by atoms with Crippen LogP contribution >= 0.6 is 0 Å². The molecule has 3 fully saturated rings. The largest absolute Gasteiger partial charge is 0.481 e. The van der Waals surface area contributed by atoms with Gasteiger partial charge in [0.1, 0.15) is 5.82 Å². The Morgan fingerprint density at radius 3 is 2.73 bits per heavy atom. The van der Waals surface area contributed by atoms with E-state index in [0.29, 0.717) is 25.1 Å². The van der Waals surface area contributed by atoms with Crippen molar-refractivity contribution in [3.05, 3.63) is 23.9 Å². The third-order valence-corrected chi connectivity index (χ3v) is 6.40. The fraction of sp³-hybridized carbons (Fsp3) is 0.632. The Morgan fingerprint density at radius 2 is 2.04 bits per heavy atom. The Hall–Kier alpha value is -2.15. The predicted molar refractivity (Wildman–Crippen MR) is 97.3 cm³/mol. The molecule has 7 heteroatoms. The number of anilines is 1. The monoisotopic (exact) mass is 358 g/mol. The average molecular weight is 358 g/mol. The van der Waals surface area contributed by atoms with Crippen molar-refractivity contribution in [3.63, 3.8) is 0 Å². The number of fused-ring (bicyclic) bond motifs is 1. The molecule has 2 saturated heterocycles. The van der Waals surface area contributed by atoms with Crippen molar-refractivity contribution in [2.24, 2.45) is 11.3 Å². The zero-order chi connectivity index (χ0) is 18.3. The lowest BCUT2D eigenvalue weighted by molar-refractivity contribution is -0.149. The molecule has 3 aliphatic rings. The lowest BCUT2D eigenvalue weighted by atomic mass is 9.81. The number of aliphatic carboxylic acids is 1. The number of likely N-dealkylation sites (tertiary alicyclic amines) is 1. The van der Waals surface area contributed by atoms with Crippen molar-refractivity contribution >= 4 is 17.7 Å². The molecule has 26 heavy (non-hydrogen) atoms. The summed E-state index contributed by atoms with van der Waals surface area (Å²) in [6.07, 6.45) is 4.21. The summed E-state index contributed by atoms with van der Waals surface area (Å²) < 4.78 is 0. The van der Waals surface area contributed by atoms with Crippen LogP contribution in [0.5, 0.6) is 0 Å². The molecule has 1 aliphatic carbocycles. The van der Waals surface area contributed by atoms with Gasteiger partial charge in [0.25, 0.3) is 5.91 Å². The molecule has 1 aromatic heterocycles. The number of rotatable bonds is 3. The van der Waals surface area contributed by atoms with E-state index in [2.05, 4.69) is 21.8 Å². The summed E-state index contributed by atoms with van der Waals surface area (Å²) in [5, 5.41) is 9.72. The van der Waals surface area contributed by atoms with E-state index in [0.717, 1.165) is 44.8 Å². The van der Waals surface area contributed by atoms with Crippen molar-refractivity contribution in [2.45, 2.75) is 19.3 Å². The number of nitrogens with zero attached hydrogens (tertiary/aromatic N) is 4. The van der Waals surface area contributed by atoms with Gasteiger partial charge in [-0.15, -0.1) is 0 Å². The number of amides is 1. The van der Waals surface area contributed by atoms with Crippen molar-refractivity contribution in [1.82, 2.24) is 14.8 Å². The summed E-state index contributed by atoms with van der Waals surface area (Å²) in [6.45, 7) is 4.64. The smallest absolute Gasteiger partial charge is 0.311 e. The van der Waals surface area contributed by atoms with Crippen molar-refractivity contribution in [2.75, 3.05) is 51.2 Å². The van der Waals surface area contributed by atoms with Crippen LogP contribution in [0.2, 0.25) is 0 Å². The van der Waals surface area contributed by atoms with Gasteiger partial charge in [-0.2, -0.15) is 0 Å². The number of carbonyl (C=O) groups excluding carboxylic acids is 1. The Labute approximate surface area is 153 Å². The molecule has 1 amide bonds. The van der Waals surface area contributed by atoms with Gasteiger partial charge in [0.2, 0.25) is 0 Å². The van der Waals surface area contributed by atoms with Crippen LogP contribution in [0.3, 0.4) is 0 Å². The minimum atomic E-state index is -0.747. The van der Waals surface area contributed by atoms with Crippen LogP contribution in [0, 0.1) is 11.3 Å². The van der Waals surface area contributed by atoms with Gasteiger partial charge >= 0.3 is 5.97 Å². The fourth-order valence-electron chi connectivity index (χ4n) is 4.74. The Balaban J connectivity index is 1.51. The Bertz CT molecular complexity index is 716. The number of hydrogen-bond donors (Lipinski definition) is 1. The zero-order valence-corrected chi connectivity index (χ0v) is 15.2. The summed E-state index contributed by atoms with van der Waals surface area (Å²) in [5.74, 6) is 0.0973. The quantitative estimate of drug-likeness (QED) is 0.874. The number of pyridine rings is 1. The first-order valence-electron chi connectivity index (χ1n) is 9.42. The molecule has 140 valence electrons. The van der Waals surface area contributed by atoms with Crippen molar-refractivity contribution in [3.8, 4) is 0 Å². The maximum absolute atomic E-state index is 13.0.